The Labute approximate surface area is 123 Å². The van der Waals surface area contributed by atoms with E-state index in [1.54, 1.807) is 23.1 Å². The quantitative estimate of drug-likeness (QED) is 0.831. The second kappa shape index (κ2) is 6.02. The molecule has 0 spiro atoms. The lowest BCUT2D eigenvalue weighted by molar-refractivity contribution is -0.134. The van der Waals surface area contributed by atoms with Crippen LogP contribution in [0.25, 0.3) is 0 Å². The number of benzene rings is 1. The van der Waals surface area contributed by atoms with Crippen LogP contribution in [0.4, 0.5) is 0 Å². The van der Waals surface area contributed by atoms with Crippen LogP contribution in [0, 0.1) is 5.92 Å². The summed E-state index contributed by atoms with van der Waals surface area (Å²) in [7, 11) is 1.81. The number of halogens is 2. The lowest BCUT2D eigenvalue weighted by Crippen LogP contribution is -2.39. The van der Waals surface area contributed by atoms with Gasteiger partial charge in [0, 0.05) is 24.2 Å². The Hall–Kier alpha value is -0.930. The summed E-state index contributed by atoms with van der Waals surface area (Å²) in [6.07, 6.45) is 2.42. The molecule has 0 aromatic heterocycles. The first-order valence-electron chi connectivity index (χ1n) is 6.32. The smallest absolute Gasteiger partial charge is 0.260 e. The molecule has 0 aliphatic heterocycles. The third-order valence-electron chi connectivity index (χ3n) is 3.55. The average Bonchev–Trinajstić information content (AvgIpc) is 3.22. The third kappa shape index (κ3) is 3.77. The summed E-state index contributed by atoms with van der Waals surface area (Å²) < 4.78 is 5.44. The van der Waals surface area contributed by atoms with Crippen molar-refractivity contribution in [3.63, 3.8) is 0 Å². The first-order valence-corrected chi connectivity index (χ1v) is 7.08. The summed E-state index contributed by atoms with van der Waals surface area (Å²) in [6.45, 7) is 2.05. The van der Waals surface area contributed by atoms with E-state index in [-0.39, 0.29) is 18.6 Å². The molecule has 1 aliphatic carbocycles. The van der Waals surface area contributed by atoms with Crippen molar-refractivity contribution in [1.82, 2.24) is 4.90 Å². The van der Waals surface area contributed by atoms with Gasteiger partial charge in [-0.15, -0.1) is 0 Å². The molecule has 1 amide bonds. The van der Waals surface area contributed by atoms with E-state index in [9.17, 15) is 4.79 Å². The zero-order valence-electron chi connectivity index (χ0n) is 11.0. The van der Waals surface area contributed by atoms with Crippen LogP contribution >= 0.6 is 23.2 Å². The number of hydrogen-bond acceptors (Lipinski definition) is 2. The molecule has 1 aromatic carbocycles. The molecule has 1 fully saturated rings. The first-order chi connectivity index (χ1) is 8.99. The second-order valence-electron chi connectivity index (χ2n) is 4.95. The lowest BCUT2D eigenvalue weighted by Gasteiger charge is -2.24. The largest absolute Gasteiger partial charge is 0.482 e. The van der Waals surface area contributed by atoms with E-state index in [4.69, 9.17) is 27.9 Å². The maximum atomic E-state index is 12.0. The number of nitrogens with zero attached hydrogens (tertiary/aromatic N) is 1. The molecule has 2 rings (SSSR count). The zero-order valence-corrected chi connectivity index (χ0v) is 12.5. The zero-order chi connectivity index (χ0) is 14.0. The van der Waals surface area contributed by atoms with E-state index in [2.05, 4.69) is 6.92 Å². The van der Waals surface area contributed by atoms with Crippen LogP contribution in [-0.4, -0.2) is 30.5 Å². The normalized spacial score (nSPS) is 16.0. The molecule has 0 bridgehead atoms. The minimum atomic E-state index is -0.0459. The van der Waals surface area contributed by atoms with Gasteiger partial charge in [-0.25, -0.2) is 0 Å². The maximum Gasteiger partial charge on any atom is 0.260 e. The minimum absolute atomic E-state index is 0.0202. The van der Waals surface area contributed by atoms with Crippen molar-refractivity contribution in [2.24, 2.45) is 5.92 Å². The van der Waals surface area contributed by atoms with Gasteiger partial charge in [0.15, 0.2) is 6.61 Å². The fourth-order valence-corrected chi connectivity index (χ4v) is 2.29. The highest BCUT2D eigenvalue weighted by Crippen LogP contribution is 2.34. The fourth-order valence-electron chi connectivity index (χ4n) is 1.95. The van der Waals surface area contributed by atoms with Crippen molar-refractivity contribution in [2.75, 3.05) is 13.7 Å². The number of carbonyl (C=O) groups is 1. The van der Waals surface area contributed by atoms with Crippen molar-refractivity contribution in [3.8, 4) is 5.75 Å². The Morgan fingerprint density at radius 2 is 2.16 bits per heavy atom. The Kier molecular flexibility index (Phi) is 4.58. The molecule has 5 heteroatoms. The van der Waals surface area contributed by atoms with Crippen molar-refractivity contribution in [1.29, 1.82) is 0 Å². The number of ether oxygens (including phenoxy) is 1. The molecule has 104 valence electrons. The summed E-state index contributed by atoms with van der Waals surface area (Å²) in [5.74, 6) is 1.04. The maximum absolute atomic E-state index is 12.0. The van der Waals surface area contributed by atoms with Gasteiger partial charge in [0.2, 0.25) is 0 Å². The highest BCUT2D eigenvalue weighted by Gasteiger charge is 2.32. The van der Waals surface area contributed by atoms with Gasteiger partial charge in [0.1, 0.15) is 5.75 Å². The molecular weight excluding hydrogens is 285 g/mol. The molecule has 3 nitrogen and oxygen atoms in total. The molecule has 1 aromatic rings. The van der Waals surface area contributed by atoms with Gasteiger partial charge in [0.25, 0.3) is 5.91 Å². The van der Waals surface area contributed by atoms with Crippen molar-refractivity contribution >= 4 is 29.1 Å². The topological polar surface area (TPSA) is 29.5 Å². The van der Waals surface area contributed by atoms with E-state index in [1.807, 2.05) is 7.05 Å². The summed E-state index contributed by atoms with van der Waals surface area (Å²) in [5.41, 5.74) is 0. The Morgan fingerprint density at radius 1 is 1.47 bits per heavy atom. The second-order valence-corrected chi connectivity index (χ2v) is 5.79. The summed E-state index contributed by atoms with van der Waals surface area (Å²) in [4.78, 5) is 13.8. The van der Waals surface area contributed by atoms with Gasteiger partial charge in [-0.1, -0.05) is 23.2 Å². The number of amides is 1. The SMILES string of the molecule is CC(C1CC1)N(C)C(=O)COc1cc(Cl)ccc1Cl. The van der Waals surface area contributed by atoms with Crippen molar-refractivity contribution in [3.05, 3.63) is 28.2 Å². The molecule has 19 heavy (non-hydrogen) atoms. The molecular formula is C14H17Cl2NO2. The van der Waals surface area contributed by atoms with Crippen LogP contribution in [0.15, 0.2) is 18.2 Å². The van der Waals surface area contributed by atoms with Crippen LogP contribution in [0.3, 0.4) is 0 Å². The number of carbonyl (C=O) groups excluding carboxylic acids is 1. The van der Waals surface area contributed by atoms with Crippen LogP contribution in [0.5, 0.6) is 5.75 Å². The highest BCUT2D eigenvalue weighted by atomic mass is 35.5. The molecule has 0 heterocycles. The predicted molar refractivity (Wildman–Crippen MR) is 76.9 cm³/mol. The van der Waals surface area contributed by atoms with E-state index < -0.39 is 0 Å². The fraction of sp³-hybridized carbons (Fsp3) is 0.500. The van der Waals surface area contributed by atoms with Crippen molar-refractivity contribution < 1.29 is 9.53 Å². The summed E-state index contributed by atoms with van der Waals surface area (Å²) in [5, 5.41) is 0.988. The number of likely N-dealkylation sites (N-methyl/N-ethyl adjacent to an activating group) is 1. The van der Waals surface area contributed by atoms with Crippen LogP contribution in [-0.2, 0) is 4.79 Å². The van der Waals surface area contributed by atoms with Gasteiger partial charge < -0.3 is 9.64 Å². The molecule has 0 saturated heterocycles. The summed E-state index contributed by atoms with van der Waals surface area (Å²) >= 11 is 11.8. The minimum Gasteiger partial charge on any atom is -0.482 e. The van der Waals surface area contributed by atoms with Gasteiger partial charge in [-0.05, 0) is 37.8 Å². The number of hydrogen-bond donors (Lipinski definition) is 0. The number of rotatable bonds is 5. The van der Waals surface area contributed by atoms with Crippen LogP contribution in [0.2, 0.25) is 10.0 Å². The molecule has 1 aliphatic rings. The Balaban J connectivity index is 1.90. The third-order valence-corrected chi connectivity index (χ3v) is 4.10. The molecule has 1 saturated carbocycles. The summed E-state index contributed by atoms with van der Waals surface area (Å²) in [6, 6.07) is 5.22. The van der Waals surface area contributed by atoms with E-state index in [1.165, 1.54) is 12.8 Å². The monoisotopic (exact) mass is 301 g/mol. The van der Waals surface area contributed by atoms with Crippen LogP contribution < -0.4 is 4.74 Å². The van der Waals surface area contributed by atoms with Gasteiger partial charge in [-0.2, -0.15) is 0 Å². The van der Waals surface area contributed by atoms with E-state index in [0.29, 0.717) is 21.7 Å². The van der Waals surface area contributed by atoms with Crippen molar-refractivity contribution in [2.45, 2.75) is 25.8 Å². The van der Waals surface area contributed by atoms with E-state index >= 15 is 0 Å². The highest BCUT2D eigenvalue weighted by molar-refractivity contribution is 6.34. The Morgan fingerprint density at radius 3 is 2.79 bits per heavy atom. The predicted octanol–water partition coefficient (Wildman–Crippen LogP) is 3.63. The molecule has 1 unspecified atom stereocenters. The van der Waals surface area contributed by atoms with Gasteiger partial charge >= 0.3 is 0 Å². The Bertz CT molecular complexity index is 475. The lowest BCUT2D eigenvalue weighted by atomic mass is 10.2. The first kappa shape index (κ1) is 14.5. The van der Waals surface area contributed by atoms with Crippen LogP contribution in [0.1, 0.15) is 19.8 Å². The average molecular weight is 302 g/mol. The molecule has 0 N–H and O–H groups in total. The molecule has 1 atom stereocenters. The van der Waals surface area contributed by atoms with E-state index in [0.717, 1.165) is 0 Å². The standard InChI is InChI=1S/C14H17Cl2NO2/c1-9(10-3-4-10)17(2)14(18)8-19-13-7-11(15)5-6-12(13)16/h5-7,9-10H,3-4,8H2,1-2H3. The van der Waals surface area contributed by atoms with Gasteiger partial charge in [-0.3, -0.25) is 4.79 Å². The molecule has 0 radical (unpaired) electrons. The van der Waals surface area contributed by atoms with Gasteiger partial charge in [0.05, 0.1) is 5.02 Å².